The maximum absolute atomic E-state index is 5.34. The average Bonchev–Trinajstić information content (AvgIpc) is 3.40. The van der Waals surface area contributed by atoms with Crippen molar-refractivity contribution in [2.24, 2.45) is 29.6 Å². The molecule has 28 heavy (non-hydrogen) atoms. The Bertz CT molecular complexity index is 833. The van der Waals surface area contributed by atoms with Crippen LogP contribution in [0.4, 0.5) is 0 Å². The molecule has 1 aromatic carbocycles. The molecule has 2 aliphatic rings. The Hall–Kier alpha value is -1.81. The van der Waals surface area contributed by atoms with Crippen molar-refractivity contribution in [2.75, 3.05) is 20.2 Å². The zero-order chi connectivity index (χ0) is 19.7. The van der Waals surface area contributed by atoms with Gasteiger partial charge in [0.25, 0.3) is 0 Å². The molecule has 0 aliphatic heterocycles. The van der Waals surface area contributed by atoms with Crippen molar-refractivity contribution in [3.63, 3.8) is 0 Å². The molecule has 1 heterocycles. The molecule has 1 fully saturated rings. The number of fused-ring (bicyclic) bond motifs is 1. The van der Waals surface area contributed by atoms with Crippen LogP contribution in [-0.2, 0) is 6.42 Å². The number of aromatic amines is 1. The maximum Gasteiger partial charge on any atom is 0.121 e. The van der Waals surface area contributed by atoms with E-state index in [0.717, 1.165) is 47.4 Å². The molecule has 0 radical (unpaired) electrons. The fraction of sp³-hybridized carbons (Fsp3) is 0.625. The lowest BCUT2D eigenvalue weighted by Gasteiger charge is -2.37. The second kappa shape index (κ2) is 8.28. The number of nitrogens with zero attached hydrogens (tertiary/aromatic N) is 1. The summed E-state index contributed by atoms with van der Waals surface area (Å²) in [4.78, 5) is 8.35. The van der Waals surface area contributed by atoms with Gasteiger partial charge in [0.05, 0.1) is 18.1 Å². The molecule has 0 unspecified atom stereocenters. The van der Waals surface area contributed by atoms with Crippen LogP contribution in [0.15, 0.2) is 29.8 Å². The lowest BCUT2D eigenvalue weighted by atomic mass is 9.70. The number of hydrogen-bond acceptors (Lipinski definition) is 3. The van der Waals surface area contributed by atoms with Crippen molar-refractivity contribution < 1.29 is 4.74 Å². The zero-order valence-corrected chi connectivity index (χ0v) is 17.8. The SMILES string of the molecule is COc1ccc2nc(C[C@@H]3C[C@@H](C(C)C)[C@H](CNCC4CC4)C=C3C)[nH]c2c1. The van der Waals surface area contributed by atoms with Crippen molar-refractivity contribution in [1.29, 1.82) is 0 Å². The van der Waals surface area contributed by atoms with E-state index in [2.05, 4.69) is 37.1 Å². The smallest absolute Gasteiger partial charge is 0.121 e. The number of H-pyrrole nitrogens is 1. The molecule has 2 aromatic rings. The van der Waals surface area contributed by atoms with E-state index >= 15 is 0 Å². The highest BCUT2D eigenvalue weighted by molar-refractivity contribution is 5.76. The number of ether oxygens (including phenoxy) is 1. The normalized spacial score (nSPS) is 25.3. The number of imidazole rings is 1. The molecular weight excluding hydrogens is 346 g/mol. The Balaban J connectivity index is 1.46. The van der Waals surface area contributed by atoms with Gasteiger partial charge >= 0.3 is 0 Å². The number of aromatic nitrogens is 2. The topological polar surface area (TPSA) is 49.9 Å². The van der Waals surface area contributed by atoms with Crippen LogP contribution in [0.25, 0.3) is 11.0 Å². The number of benzene rings is 1. The van der Waals surface area contributed by atoms with E-state index in [4.69, 9.17) is 9.72 Å². The minimum absolute atomic E-state index is 0.578. The van der Waals surface area contributed by atoms with Gasteiger partial charge in [0.1, 0.15) is 11.6 Å². The van der Waals surface area contributed by atoms with Crippen LogP contribution < -0.4 is 10.1 Å². The first-order valence-electron chi connectivity index (χ1n) is 10.9. The summed E-state index contributed by atoms with van der Waals surface area (Å²) in [5.74, 6) is 5.60. The van der Waals surface area contributed by atoms with Crippen molar-refractivity contribution in [2.45, 2.75) is 46.5 Å². The van der Waals surface area contributed by atoms with Gasteiger partial charge in [0, 0.05) is 19.0 Å². The summed E-state index contributed by atoms with van der Waals surface area (Å²) < 4.78 is 5.34. The quantitative estimate of drug-likeness (QED) is 0.635. The standard InChI is InChI=1S/C24H35N3O/c1-15(2)21-10-18(16(3)9-19(21)14-25-13-17-5-6-17)11-24-26-22-8-7-20(28-4)12-23(22)27-24/h7-9,12,15,17-19,21,25H,5-6,10-11,13-14H2,1-4H3,(H,26,27)/t18-,19-,21-/m0/s1. The molecule has 4 heteroatoms. The van der Waals surface area contributed by atoms with Gasteiger partial charge in [-0.25, -0.2) is 4.98 Å². The van der Waals surface area contributed by atoms with Crippen LogP contribution >= 0.6 is 0 Å². The van der Waals surface area contributed by atoms with Gasteiger partial charge in [-0.1, -0.05) is 25.5 Å². The summed E-state index contributed by atoms with van der Waals surface area (Å²) in [5.41, 5.74) is 3.62. The van der Waals surface area contributed by atoms with E-state index in [0.29, 0.717) is 17.8 Å². The van der Waals surface area contributed by atoms with Crippen LogP contribution in [0, 0.1) is 29.6 Å². The second-order valence-corrected chi connectivity index (χ2v) is 9.29. The number of nitrogens with one attached hydrogen (secondary N) is 2. The van der Waals surface area contributed by atoms with Crippen molar-refractivity contribution in [1.82, 2.24) is 15.3 Å². The number of hydrogen-bond donors (Lipinski definition) is 2. The Labute approximate surface area is 169 Å². The van der Waals surface area contributed by atoms with Gasteiger partial charge in [-0.05, 0) is 74.5 Å². The molecule has 0 saturated heterocycles. The van der Waals surface area contributed by atoms with Gasteiger partial charge in [0.2, 0.25) is 0 Å². The van der Waals surface area contributed by atoms with Crippen LogP contribution in [0.5, 0.6) is 5.75 Å². The summed E-state index contributed by atoms with van der Waals surface area (Å²) >= 11 is 0. The molecule has 1 aromatic heterocycles. The first-order chi connectivity index (χ1) is 13.5. The third kappa shape index (κ3) is 4.43. The highest BCUT2D eigenvalue weighted by Crippen LogP contribution is 2.39. The fourth-order valence-corrected chi connectivity index (χ4v) is 4.78. The van der Waals surface area contributed by atoms with Gasteiger partial charge in [-0.15, -0.1) is 0 Å². The summed E-state index contributed by atoms with van der Waals surface area (Å²) in [6.45, 7) is 9.43. The minimum Gasteiger partial charge on any atom is -0.497 e. The summed E-state index contributed by atoms with van der Waals surface area (Å²) in [6.07, 6.45) is 7.66. The Morgan fingerprint density at radius 2 is 2.07 bits per heavy atom. The Morgan fingerprint density at radius 3 is 2.79 bits per heavy atom. The van der Waals surface area contributed by atoms with Gasteiger partial charge in [-0.2, -0.15) is 0 Å². The van der Waals surface area contributed by atoms with Crippen LogP contribution in [0.1, 0.15) is 45.9 Å². The molecule has 152 valence electrons. The first kappa shape index (κ1) is 19.5. The van der Waals surface area contributed by atoms with Crippen molar-refractivity contribution in [3.8, 4) is 5.75 Å². The van der Waals surface area contributed by atoms with Crippen LogP contribution in [0.2, 0.25) is 0 Å². The molecule has 0 spiro atoms. The fourth-order valence-electron chi connectivity index (χ4n) is 4.78. The number of allylic oxidation sites excluding steroid dienone is 1. The van der Waals surface area contributed by atoms with Crippen LogP contribution in [-0.4, -0.2) is 30.2 Å². The largest absolute Gasteiger partial charge is 0.497 e. The molecule has 1 saturated carbocycles. The lowest BCUT2D eigenvalue weighted by molar-refractivity contribution is 0.221. The third-order valence-corrected chi connectivity index (χ3v) is 6.77. The predicted molar refractivity (Wildman–Crippen MR) is 116 cm³/mol. The molecule has 0 bridgehead atoms. The van der Waals surface area contributed by atoms with E-state index in [1.807, 2.05) is 18.2 Å². The zero-order valence-electron chi connectivity index (χ0n) is 17.8. The number of rotatable bonds is 8. The highest BCUT2D eigenvalue weighted by Gasteiger charge is 2.32. The maximum atomic E-state index is 5.34. The van der Waals surface area contributed by atoms with E-state index < -0.39 is 0 Å². The van der Waals surface area contributed by atoms with Gasteiger partial charge < -0.3 is 15.0 Å². The van der Waals surface area contributed by atoms with E-state index in [1.165, 1.54) is 31.4 Å². The Morgan fingerprint density at radius 1 is 1.25 bits per heavy atom. The van der Waals surface area contributed by atoms with Crippen molar-refractivity contribution >= 4 is 11.0 Å². The lowest BCUT2D eigenvalue weighted by Crippen LogP contribution is -2.35. The van der Waals surface area contributed by atoms with E-state index in [9.17, 15) is 0 Å². The molecule has 2 N–H and O–H groups in total. The summed E-state index contributed by atoms with van der Waals surface area (Å²) in [7, 11) is 1.70. The minimum atomic E-state index is 0.578. The first-order valence-corrected chi connectivity index (χ1v) is 10.9. The summed E-state index contributed by atoms with van der Waals surface area (Å²) in [6, 6.07) is 6.05. The van der Waals surface area contributed by atoms with Crippen molar-refractivity contribution in [3.05, 3.63) is 35.7 Å². The molecule has 0 amide bonds. The highest BCUT2D eigenvalue weighted by atomic mass is 16.5. The second-order valence-electron chi connectivity index (χ2n) is 9.29. The molecule has 3 atom stereocenters. The van der Waals surface area contributed by atoms with Gasteiger partial charge in [-0.3, -0.25) is 0 Å². The summed E-state index contributed by atoms with van der Waals surface area (Å²) in [5, 5.41) is 3.74. The molecule has 4 nitrogen and oxygen atoms in total. The van der Waals surface area contributed by atoms with Gasteiger partial charge in [0.15, 0.2) is 0 Å². The molecular formula is C24H35N3O. The molecule has 4 rings (SSSR count). The van der Waals surface area contributed by atoms with Crippen LogP contribution in [0.3, 0.4) is 0 Å². The van der Waals surface area contributed by atoms with E-state index in [1.54, 1.807) is 7.11 Å². The molecule has 2 aliphatic carbocycles. The van der Waals surface area contributed by atoms with E-state index in [-0.39, 0.29) is 0 Å². The monoisotopic (exact) mass is 381 g/mol. The average molecular weight is 382 g/mol. The third-order valence-electron chi connectivity index (χ3n) is 6.77. The number of methoxy groups -OCH3 is 1. The Kier molecular flexibility index (Phi) is 5.77. The predicted octanol–water partition coefficient (Wildman–Crippen LogP) is 4.97.